The summed E-state index contributed by atoms with van der Waals surface area (Å²) in [5, 5.41) is 7.19. The fourth-order valence-electron chi connectivity index (χ4n) is 13.7. The number of furan rings is 1. The number of rotatable bonds is 5. The summed E-state index contributed by atoms with van der Waals surface area (Å²) in [6, 6.07) is 98.9. The lowest BCUT2D eigenvalue weighted by atomic mass is 9.70. The molecule has 0 fully saturated rings. The molecule has 12 aromatic carbocycles. The van der Waals surface area contributed by atoms with Gasteiger partial charge in [0, 0.05) is 49.3 Å². The van der Waals surface area contributed by atoms with E-state index in [1.54, 1.807) is 0 Å². The lowest BCUT2D eigenvalue weighted by Crippen LogP contribution is -2.25. The molecule has 0 bridgehead atoms. The minimum absolute atomic E-state index is 0.466. The molecule has 0 amide bonds. The van der Waals surface area contributed by atoms with Gasteiger partial charge in [-0.2, -0.15) is 0 Å². The van der Waals surface area contributed by atoms with E-state index in [1.807, 2.05) is 6.07 Å². The van der Waals surface area contributed by atoms with Gasteiger partial charge in [-0.25, -0.2) is 0 Å². The fourth-order valence-corrected chi connectivity index (χ4v) is 13.7. The second kappa shape index (κ2) is 15.5. The van der Waals surface area contributed by atoms with Crippen molar-refractivity contribution in [1.82, 2.24) is 9.13 Å². The van der Waals surface area contributed by atoms with Crippen molar-refractivity contribution in [2.24, 2.45) is 0 Å². The van der Waals surface area contributed by atoms with Crippen LogP contribution in [-0.4, -0.2) is 9.13 Å². The summed E-state index contributed by atoms with van der Waals surface area (Å²) in [5.74, 6) is 0. The number of benzene rings is 12. The van der Waals surface area contributed by atoms with Crippen molar-refractivity contribution in [2.75, 3.05) is 0 Å². The second-order valence-corrected chi connectivity index (χ2v) is 20.7. The van der Waals surface area contributed by atoms with E-state index in [4.69, 9.17) is 4.42 Å². The standard InChI is InChI=1S/C73H44N2O/c1-2-16-45(17-3-1)47-18-14-19-51(40-47)75-67-30-12-7-23-56(67)60-41-48(34-38-68(60)75)49-35-39-69-61(42-49)62-43-59-55-22-6-11-29-65(55)73(63-27-9-4-20-53(63)54-21-5-10-28-64(54)73)66(59)44-70(62)74(69)50-36-32-46(33-37-50)52-25-15-26-58-57-24-8-13-31-71(57)76-72(52)58/h1-44H. The number of fused-ring (bicyclic) bond motifs is 19. The average Bonchev–Trinajstić information content (AvgIpc) is 4.41. The Balaban J connectivity index is 0.884. The maximum absolute atomic E-state index is 6.55. The van der Waals surface area contributed by atoms with Crippen LogP contribution in [0.3, 0.4) is 0 Å². The Labute approximate surface area is 438 Å². The first-order valence-electron chi connectivity index (χ1n) is 26.3. The molecule has 2 aliphatic rings. The van der Waals surface area contributed by atoms with E-state index in [1.165, 1.54) is 110 Å². The van der Waals surface area contributed by atoms with Crippen molar-refractivity contribution in [1.29, 1.82) is 0 Å². The largest absolute Gasteiger partial charge is 0.455 e. The molecule has 2 aliphatic carbocycles. The Morgan fingerprint density at radius 2 is 0.750 bits per heavy atom. The van der Waals surface area contributed by atoms with Crippen LogP contribution in [0.4, 0.5) is 0 Å². The third-order valence-electron chi connectivity index (χ3n) is 16.9. The van der Waals surface area contributed by atoms with Gasteiger partial charge in [0.1, 0.15) is 11.2 Å². The van der Waals surface area contributed by atoms with Gasteiger partial charge in [-0.15, -0.1) is 0 Å². The van der Waals surface area contributed by atoms with E-state index >= 15 is 0 Å². The highest BCUT2D eigenvalue weighted by atomic mass is 16.3. The Bertz CT molecular complexity index is 4880. The molecule has 0 atom stereocenters. The molecule has 17 rings (SSSR count). The summed E-state index contributed by atoms with van der Waals surface area (Å²) in [6.07, 6.45) is 0. The van der Waals surface area contributed by atoms with E-state index in [-0.39, 0.29) is 0 Å². The quantitative estimate of drug-likeness (QED) is 0.169. The van der Waals surface area contributed by atoms with Gasteiger partial charge in [0.25, 0.3) is 0 Å². The topological polar surface area (TPSA) is 23.0 Å². The molecule has 0 radical (unpaired) electrons. The van der Waals surface area contributed by atoms with Crippen LogP contribution in [0.2, 0.25) is 0 Å². The van der Waals surface area contributed by atoms with Gasteiger partial charge in [-0.3, -0.25) is 0 Å². The van der Waals surface area contributed by atoms with Crippen LogP contribution in [0.5, 0.6) is 0 Å². The van der Waals surface area contributed by atoms with Gasteiger partial charge < -0.3 is 13.6 Å². The van der Waals surface area contributed by atoms with Gasteiger partial charge in [-0.1, -0.05) is 194 Å². The lowest BCUT2D eigenvalue weighted by Gasteiger charge is -2.30. The second-order valence-electron chi connectivity index (χ2n) is 20.7. The third kappa shape index (κ3) is 5.61. The van der Waals surface area contributed by atoms with Crippen LogP contribution in [0.25, 0.3) is 133 Å². The third-order valence-corrected chi connectivity index (χ3v) is 16.9. The number of hydrogen-bond donors (Lipinski definition) is 0. The molecule has 1 spiro atoms. The monoisotopic (exact) mass is 964 g/mol. The minimum Gasteiger partial charge on any atom is -0.455 e. The van der Waals surface area contributed by atoms with E-state index in [0.717, 1.165) is 44.4 Å². The molecule has 0 aliphatic heterocycles. The highest BCUT2D eigenvalue weighted by Crippen LogP contribution is 2.63. The maximum atomic E-state index is 6.55. The highest BCUT2D eigenvalue weighted by Gasteiger charge is 2.51. The Kier molecular flexibility index (Phi) is 8.48. The van der Waals surface area contributed by atoms with Crippen molar-refractivity contribution in [2.45, 2.75) is 5.41 Å². The van der Waals surface area contributed by atoms with Crippen LogP contribution >= 0.6 is 0 Å². The number of aromatic nitrogens is 2. The molecule has 352 valence electrons. The summed E-state index contributed by atoms with van der Waals surface area (Å²) < 4.78 is 11.5. The number of nitrogens with zero attached hydrogens (tertiary/aromatic N) is 2. The molecule has 15 aromatic rings. The maximum Gasteiger partial charge on any atom is 0.143 e. The van der Waals surface area contributed by atoms with E-state index in [9.17, 15) is 0 Å². The smallest absolute Gasteiger partial charge is 0.143 e. The zero-order chi connectivity index (χ0) is 49.6. The average molecular weight is 965 g/mol. The van der Waals surface area contributed by atoms with Gasteiger partial charge in [0.05, 0.1) is 27.5 Å². The SMILES string of the molecule is c1ccc(-c2cccc(-n3c4ccccc4c4cc(-c5ccc6c(c5)c5cc7c(cc5n6-c5ccc(-c6cccc8c6oc6ccccc68)cc5)C5(c6ccccc6-c6ccccc65)c5ccccc5-7)ccc43)c2)cc1. The molecular weight excluding hydrogens is 921 g/mol. The lowest BCUT2D eigenvalue weighted by molar-refractivity contribution is 0.670. The van der Waals surface area contributed by atoms with Crippen molar-refractivity contribution in [3.63, 3.8) is 0 Å². The molecule has 3 nitrogen and oxygen atoms in total. The van der Waals surface area contributed by atoms with Crippen LogP contribution < -0.4 is 0 Å². The molecule has 0 saturated heterocycles. The van der Waals surface area contributed by atoms with Crippen molar-refractivity contribution in [3.05, 3.63) is 289 Å². The predicted molar refractivity (Wildman–Crippen MR) is 315 cm³/mol. The van der Waals surface area contributed by atoms with E-state index in [0.29, 0.717) is 0 Å². The molecule has 0 N–H and O–H groups in total. The van der Waals surface area contributed by atoms with Crippen molar-refractivity contribution >= 4 is 65.6 Å². The first-order valence-corrected chi connectivity index (χ1v) is 26.3. The van der Waals surface area contributed by atoms with Gasteiger partial charge >= 0.3 is 0 Å². The molecule has 3 aromatic heterocycles. The number of hydrogen-bond acceptors (Lipinski definition) is 1. The summed E-state index contributed by atoms with van der Waals surface area (Å²) in [5.41, 5.74) is 25.9. The van der Waals surface area contributed by atoms with E-state index in [2.05, 4.69) is 270 Å². The normalized spacial score (nSPS) is 13.1. The first-order chi connectivity index (χ1) is 37.7. The van der Waals surface area contributed by atoms with Crippen molar-refractivity contribution < 1.29 is 4.42 Å². The molecule has 3 heteroatoms. The predicted octanol–water partition coefficient (Wildman–Crippen LogP) is 19.1. The number of para-hydroxylation sites is 3. The van der Waals surface area contributed by atoms with Gasteiger partial charge in [-0.05, 0) is 145 Å². The van der Waals surface area contributed by atoms with Crippen LogP contribution in [0.1, 0.15) is 22.3 Å². The first kappa shape index (κ1) is 41.5. The van der Waals surface area contributed by atoms with Crippen molar-refractivity contribution in [3.8, 4) is 67.0 Å². The van der Waals surface area contributed by atoms with Crippen LogP contribution in [0, 0.1) is 0 Å². The van der Waals surface area contributed by atoms with Gasteiger partial charge in [0.2, 0.25) is 0 Å². The Morgan fingerprint density at radius 3 is 1.47 bits per heavy atom. The van der Waals surface area contributed by atoms with Crippen LogP contribution in [0.15, 0.2) is 271 Å². The molecule has 0 unspecified atom stereocenters. The highest BCUT2D eigenvalue weighted by molar-refractivity contribution is 6.15. The Hall–Kier alpha value is -9.96. The van der Waals surface area contributed by atoms with Crippen LogP contribution in [-0.2, 0) is 5.41 Å². The summed E-state index contributed by atoms with van der Waals surface area (Å²) in [7, 11) is 0. The zero-order valence-corrected chi connectivity index (χ0v) is 41.2. The molecule has 3 heterocycles. The van der Waals surface area contributed by atoms with Gasteiger partial charge in [0.15, 0.2) is 0 Å². The molecule has 0 saturated carbocycles. The summed E-state index contributed by atoms with van der Waals surface area (Å²) >= 11 is 0. The van der Waals surface area contributed by atoms with E-state index < -0.39 is 5.41 Å². The molecular formula is C73H44N2O. The fraction of sp³-hybridized carbons (Fsp3) is 0.0137. The minimum atomic E-state index is -0.466. The Morgan fingerprint density at radius 1 is 0.250 bits per heavy atom. The zero-order valence-electron chi connectivity index (χ0n) is 41.2. The summed E-state index contributed by atoms with van der Waals surface area (Å²) in [4.78, 5) is 0. The summed E-state index contributed by atoms with van der Waals surface area (Å²) in [6.45, 7) is 0. The molecule has 76 heavy (non-hydrogen) atoms.